The Kier molecular flexibility index (Phi) is 3.39. The maximum atomic E-state index is 12.7. The first kappa shape index (κ1) is 11.2. The molecule has 0 spiro atoms. The van der Waals surface area contributed by atoms with E-state index in [-0.39, 0.29) is 23.6 Å². The number of alkyl halides is 2. The number of nitrogens with zero attached hydrogens (tertiary/aromatic N) is 2. The van der Waals surface area contributed by atoms with Crippen molar-refractivity contribution in [1.29, 1.82) is 5.26 Å². The van der Waals surface area contributed by atoms with Crippen molar-refractivity contribution in [2.24, 2.45) is 0 Å². The molecule has 0 aliphatic carbocycles. The predicted molar refractivity (Wildman–Crippen MR) is 49.5 cm³/mol. The van der Waals surface area contributed by atoms with Crippen molar-refractivity contribution < 1.29 is 13.5 Å². The van der Waals surface area contributed by atoms with Gasteiger partial charge in [-0.15, -0.1) is 0 Å². The molecule has 6 heteroatoms. The van der Waals surface area contributed by atoms with Gasteiger partial charge < -0.3 is 10.5 Å². The first-order valence-electron chi connectivity index (χ1n) is 4.08. The van der Waals surface area contributed by atoms with E-state index >= 15 is 0 Å². The van der Waals surface area contributed by atoms with Crippen molar-refractivity contribution in [2.75, 3.05) is 12.8 Å². The van der Waals surface area contributed by atoms with E-state index in [9.17, 15) is 8.78 Å². The molecule has 4 nitrogen and oxygen atoms in total. The van der Waals surface area contributed by atoms with E-state index in [1.807, 2.05) is 0 Å². The third-order valence-electron chi connectivity index (χ3n) is 1.85. The van der Waals surface area contributed by atoms with Crippen molar-refractivity contribution in [2.45, 2.75) is 12.8 Å². The fraction of sp³-hybridized carbons (Fsp3) is 0.333. The third-order valence-corrected chi connectivity index (χ3v) is 1.85. The third kappa shape index (κ3) is 2.13. The Morgan fingerprint density at radius 1 is 1.67 bits per heavy atom. The molecular weight excluding hydrogens is 204 g/mol. The maximum Gasteiger partial charge on any atom is 0.269 e. The molecule has 0 unspecified atom stereocenters. The highest BCUT2D eigenvalue weighted by atomic mass is 19.3. The molecule has 0 saturated carbocycles. The van der Waals surface area contributed by atoms with Gasteiger partial charge >= 0.3 is 0 Å². The lowest BCUT2D eigenvalue weighted by molar-refractivity contribution is 0.145. The molecule has 0 fully saturated rings. The van der Waals surface area contributed by atoms with Gasteiger partial charge in [-0.05, 0) is 0 Å². The van der Waals surface area contributed by atoms with Gasteiger partial charge in [0.1, 0.15) is 0 Å². The molecule has 15 heavy (non-hydrogen) atoms. The minimum absolute atomic E-state index is 0.00134. The monoisotopic (exact) mass is 213 g/mol. The number of pyridine rings is 1. The summed E-state index contributed by atoms with van der Waals surface area (Å²) in [6.45, 7) is 0. The molecule has 0 aliphatic rings. The summed E-state index contributed by atoms with van der Waals surface area (Å²) < 4.78 is 30.2. The fourth-order valence-electron chi connectivity index (χ4n) is 1.23. The van der Waals surface area contributed by atoms with Crippen LogP contribution >= 0.6 is 0 Å². The van der Waals surface area contributed by atoms with Crippen molar-refractivity contribution >= 4 is 5.69 Å². The highest BCUT2D eigenvalue weighted by Gasteiger charge is 2.21. The Hall–Kier alpha value is -1.90. The fourth-order valence-corrected chi connectivity index (χ4v) is 1.23. The van der Waals surface area contributed by atoms with Crippen LogP contribution in [0.1, 0.15) is 17.7 Å². The first-order valence-corrected chi connectivity index (χ1v) is 4.08. The summed E-state index contributed by atoms with van der Waals surface area (Å²) in [5, 5.41) is 8.45. The Bertz CT molecular complexity index is 401. The van der Waals surface area contributed by atoms with Crippen molar-refractivity contribution in [1.82, 2.24) is 4.98 Å². The summed E-state index contributed by atoms with van der Waals surface area (Å²) in [7, 11) is 1.24. The molecule has 80 valence electrons. The lowest BCUT2D eigenvalue weighted by Crippen LogP contribution is -2.04. The molecular formula is C9H9F2N3O. The topological polar surface area (TPSA) is 71.9 Å². The van der Waals surface area contributed by atoms with Gasteiger partial charge in [-0.25, -0.2) is 8.78 Å². The van der Waals surface area contributed by atoms with Crippen LogP contribution < -0.4 is 10.5 Å². The number of nitrogens with two attached hydrogens (primary N) is 1. The highest BCUT2D eigenvalue weighted by molar-refractivity contribution is 5.57. The number of nitriles is 1. The van der Waals surface area contributed by atoms with E-state index in [4.69, 9.17) is 15.7 Å². The first-order chi connectivity index (χ1) is 7.11. The van der Waals surface area contributed by atoms with E-state index < -0.39 is 12.0 Å². The zero-order chi connectivity index (χ0) is 11.4. The number of ether oxygens (including phenoxy) is 1. The quantitative estimate of drug-likeness (QED) is 0.828. The van der Waals surface area contributed by atoms with Gasteiger partial charge in [0, 0.05) is 0 Å². The normalized spacial score (nSPS) is 10.1. The van der Waals surface area contributed by atoms with Crippen LogP contribution in [0.25, 0.3) is 0 Å². The SMILES string of the molecule is COc1c(N)cnc(CC#N)c1C(F)F. The van der Waals surface area contributed by atoms with Crippen molar-refractivity contribution in [3.63, 3.8) is 0 Å². The molecule has 0 aliphatic heterocycles. The summed E-state index contributed by atoms with van der Waals surface area (Å²) in [6.07, 6.45) is -1.76. The molecule has 1 rings (SSSR count). The molecule has 0 radical (unpaired) electrons. The van der Waals surface area contributed by atoms with Crippen LogP contribution in [0.4, 0.5) is 14.5 Å². The maximum absolute atomic E-state index is 12.7. The van der Waals surface area contributed by atoms with Gasteiger partial charge in [0.2, 0.25) is 0 Å². The lowest BCUT2D eigenvalue weighted by atomic mass is 10.1. The number of rotatable bonds is 3. The number of aromatic nitrogens is 1. The summed E-state index contributed by atoms with van der Waals surface area (Å²) >= 11 is 0. The van der Waals surface area contributed by atoms with Crippen LogP contribution in [0.3, 0.4) is 0 Å². The molecule has 0 atom stereocenters. The number of anilines is 1. The summed E-state index contributed by atoms with van der Waals surface area (Å²) in [4.78, 5) is 3.69. The zero-order valence-electron chi connectivity index (χ0n) is 8.00. The van der Waals surface area contributed by atoms with Gasteiger partial charge in [0.25, 0.3) is 6.43 Å². The molecule has 1 aromatic heterocycles. The van der Waals surface area contributed by atoms with E-state index in [2.05, 4.69) is 4.98 Å². The Morgan fingerprint density at radius 2 is 2.33 bits per heavy atom. The number of hydrogen-bond acceptors (Lipinski definition) is 4. The summed E-state index contributed by atoms with van der Waals surface area (Å²) in [5.74, 6) is -0.106. The van der Waals surface area contributed by atoms with Crippen molar-refractivity contribution in [3.8, 4) is 11.8 Å². The minimum atomic E-state index is -2.76. The molecule has 1 aromatic rings. The van der Waals surface area contributed by atoms with E-state index in [1.165, 1.54) is 13.3 Å². The molecule has 2 N–H and O–H groups in total. The van der Waals surface area contributed by atoms with Gasteiger partial charge in [-0.3, -0.25) is 4.98 Å². The van der Waals surface area contributed by atoms with Gasteiger partial charge in [0.05, 0.1) is 42.7 Å². The van der Waals surface area contributed by atoms with E-state index in [0.29, 0.717) is 0 Å². The number of hydrogen-bond donors (Lipinski definition) is 1. The number of methoxy groups -OCH3 is 1. The smallest absolute Gasteiger partial charge is 0.269 e. The zero-order valence-corrected chi connectivity index (χ0v) is 8.00. The second kappa shape index (κ2) is 4.55. The predicted octanol–water partition coefficient (Wildman–Crippen LogP) is 1.68. The Balaban J connectivity index is 3.36. The van der Waals surface area contributed by atoms with Crippen molar-refractivity contribution in [3.05, 3.63) is 17.5 Å². The standard InChI is InChI=1S/C9H9F2N3O/c1-15-8-5(13)4-14-6(2-3-12)7(8)9(10)11/h4,9H,2,13H2,1H3. The van der Waals surface area contributed by atoms with Gasteiger partial charge in [0.15, 0.2) is 5.75 Å². The second-order valence-electron chi connectivity index (χ2n) is 2.74. The minimum Gasteiger partial charge on any atom is -0.494 e. The lowest BCUT2D eigenvalue weighted by Gasteiger charge is -2.12. The van der Waals surface area contributed by atoms with Crippen LogP contribution in [0, 0.1) is 11.3 Å². The van der Waals surface area contributed by atoms with Crippen LogP contribution in [0.15, 0.2) is 6.20 Å². The largest absolute Gasteiger partial charge is 0.494 e. The summed E-state index contributed by atoms with van der Waals surface area (Å²) in [6, 6.07) is 1.76. The van der Waals surface area contributed by atoms with Gasteiger partial charge in [-0.1, -0.05) is 0 Å². The molecule has 0 aromatic carbocycles. The Labute approximate surface area is 85.3 Å². The van der Waals surface area contributed by atoms with Crippen LogP contribution in [-0.2, 0) is 6.42 Å². The molecule has 1 heterocycles. The van der Waals surface area contributed by atoms with E-state index in [0.717, 1.165) is 0 Å². The Morgan fingerprint density at radius 3 is 2.80 bits per heavy atom. The molecule has 0 saturated heterocycles. The summed E-state index contributed by atoms with van der Waals surface area (Å²) in [5.41, 5.74) is 5.06. The molecule has 0 amide bonds. The van der Waals surface area contributed by atoms with Crippen LogP contribution in [0.2, 0.25) is 0 Å². The number of nitrogen functional groups attached to an aromatic ring is 1. The second-order valence-corrected chi connectivity index (χ2v) is 2.74. The average Bonchev–Trinajstić information content (AvgIpc) is 2.20. The highest BCUT2D eigenvalue weighted by Crippen LogP contribution is 2.35. The molecule has 0 bridgehead atoms. The van der Waals surface area contributed by atoms with Crippen LogP contribution in [-0.4, -0.2) is 12.1 Å². The number of halogens is 2. The van der Waals surface area contributed by atoms with Gasteiger partial charge in [-0.2, -0.15) is 5.26 Å². The van der Waals surface area contributed by atoms with E-state index in [1.54, 1.807) is 6.07 Å². The van der Waals surface area contributed by atoms with Crippen LogP contribution in [0.5, 0.6) is 5.75 Å². The average molecular weight is 213 g/mol.